The van der Waals surface area contributed by atoms with Gasteiger partial charge in [0.15, 0.2) is 0 Å². The Morgan fingerprint density at radius 2 is 1.36 bits per heavy atom. The number of hydrogen-bond donors (Lipinski definition) is 1. The van der Waals surface area contributed by atoms with E-state index in [1.54, 1.807) is 0 Å². The molecule has 1 aromatic rings. The summed E-state index contributed by atoms with van der Waals surface area (Å²) in [5, 5.41) is 0. The lowest BCUT2D eigenvalue weighted by Crippen LogP contribution is -2.14. The van der Waals surface area contributed by atoms with Crippen molar-refractivity contribution < 1.29 is 27.2 Å². The first-order valence-corrected chi connectivity index (χ1v) is 11.9. The van der Waals surface area contributed by atoms with Crippen molar-refractivity contribution in [1.82, 2.24) is 0 Å². The second-order valence-electron chi connectivity index (χ2n) is 6.87. The topological polar surface area (TPSA) is 82.1 Å². The van der Waals surface area contributed by atoms with E-state index in [2.05, 4.69) is 19.1 Å². The van der Waals surface area contributed by atoms with Crippen LogP contribution in [0.2, 0.25) is 0 Å². The van der Waals surface area contributed by atoms with E-state index >= 15 is 0 Å². The van der Waals surface area contributed by atoms with Gasteiger partial charge in [0.2, 0.25) is 0 Å². The maximum absolute atomic E-state index is 10.5. The maximum Gasteiger partial charge on any atom is 0.267 e. The van der Waals surface area contributed by atoms with Crippen molar-refractivity contribution >= 4 is 10.1 Å². The summed E-state index contributed by atoms with van der Waals surface area (Å²) in [6, 6.07) is 8.23. The van der Waals surface area contributed by atoms with Crippen LogP contribution < -0.4 is 4.74 Å². The van der Waals surface area contributed by atoms with Gasteiger partial charge in [-0.1, -0.05) is 57.6 Å². The molecule has 0 radical (unpaired) electrons. The molecular weight excluding hydrogens is 380 g/mol. The van der Waals surface area contributed by atoms with Gasteiger partial charge < -0.3 is 14.2 Å². The standard InChI is InChI=1S/C21H36O6S/c1-2-3-4-5-6-7-8-9-20-10-12-21(13-11-20)27-17-16-25-14-15-26-18-19-28(22,23)24/h10-13H,2-9,14-19H2,1H3,(H,22,23,24). The molecule has 0 saturated carbocycles. The van der Waals surface area contributed by atoms with Gasteiger partial charge in [-0.2, -0.15) is 8.42 Å². The lowest BCUT2D eigenvalue weighted by Gasteiger charge is -2.08. The van der Waals surface area contributed by atoms with Crippen molar-refractivity contribution in [2.45, 2.75) is 58.3 Å². The van der Waals surface area contributed by atoms with E-state index in [1.807, 2.05) is 12.1 Å². The minimum absolute atomic E-state index is 0.0378. The Morgan fingerprint density at radius 1 is 0.786 bits per heavy atom. The fourth-order valence-electron chi connectivity index (χ4n) is 2.74. The van der Waals surface area contributed by atoms with Crippen molar-refractivity contribution in [2.75, 3.05) is 38.8 Å². The Morgan fingerprint density at radius 3 is 2.00 bits per heavy atom. The van der Waals surface area contributed by atoms with Crippen LogP contribution in [0.3, 0.4) is 0 Å². The maximum atomic E-state index is 10.5. The van der Waals surface area contributed by atoms with Crippen LogP contribution in [-0.2, 0) is 26.0 Å². The molecule has 0 aliphatic heterocycles. The third-order valence-electron chi connectivity index (χ3n) is 4.35. The highest BCUT2D eigenvalue weighted by Crippen LogP contribution is 2.15. The summed E-state index contributed by atoms with van der Waals surface area (Å²) in [7, 11) is -3.96. The molecule has 1 rings (SSSR count). The molecule has 1 aromatic carbocycles. The van der Waals surface area contributed by atoms with Crippen LogP contribution in [-0.4, -0.2) is 51.8 Å². The van der Waals surface area contributed by atoms with E-state index in [-0.39, 0.29) is 13.2 Å². The molecule has 0 saturated heterocycles. The van der Waals surface area contributed by atoms with E-state index in [9.17, 15) is 8.42 Å². The molecule has 0 aliphatic rings. The fourth-order valence-corrected chi connectivity index (χ4v) is 3.07. The normalized spacial score (nSPS) is 11.6. The molecular formula is C21H36O6S. The second-order valence-corrected chi connectivity index (χ2v) is 8.45. The van der Waals surface area contributed by atoms with Crippen LogP contribution in [0, 0.1) is 0 Å². The molecule has 0 bridgehead atoms. The second kappa shape index (κ2) is 15.7. The van der Waals surface area contributed by atoms with Crippen LogP contribution in [0.15, 0.2) is 24.3 Å². The molecule has 6 nitrogen and oxygen atoms in total. The van der Waals surface area contributed by atoms with Crippen molar-refractivity contribution in [1.29, 1.82) is 0 Å². The zero-order valence-electron chi connectivity index (χ0n) is 17.1. The smallest absolute Gasteiger partial charge is 0.267 e. The van der Waals surface area contributed by atoms with E-state index < -0.39 is 15.9 Å². The molecule has 0 fully saturated rings. The summed E-state index contributed by atoms with van der Waals surface area (Å²) in [6.07, 6.45) is 10.4. The van der Waals surface area contributed by atoms with Crippen LogP contribution in [0.4, 0.5) is 0 Å². The van der Waals surface area contributed by atoms with Gasteiger partial charge in [-0.05, 0) is 30.5 Å². The molecule has 0 aliphatic carbocycles. The Balaban J connectivity index is 1.98. The minimum Gasteiger partial charge on any atom is -0.491 e. The van der Waals surface area contributed by atoms with Crippen LogP contribution in [0.5, 0.6) is 5.75 Å². The van der Waals surface area contributed by atoms with Gasteiger partial charge in [0.25, 0.3) is 10.1 Å². The predicted molar refractivity (Wildman–Crippen MR) is 112 cm³/mol. The largest absolute Gasteiger partial charge is 0.491 e. The first kappa shape index (κ1) is 24.9. The average molecular weight is 417 g/mol. The highest BCUT2D eigenvalue weighted by molar-refractivity contribution is 7.85. The highest BCUT2D eigenvalue weighted by Gasteiger charge is 2.03. The van der Waals surface area contributed by atoms with Crippen LogP contribution in [0.1, 0.15) is 57.4 Å². The molecule has 1 N–H and O–H groups in total. The molecule has 0 heterocycles. The molecule has 0 atom stereocenters. The summed E-state index contributed by atoms with van der Waals surface area (Å²) in [6.45, 7) is 3.72. The number of hydrogen-bond acceptors (Lipinski definition) is 5. The van der Waals surface area contributed by atoms with Gasteiger partial charge in [-0.3, -0.25) is 4.55 Å². The Hall–Kier alpha value is -1.15. The van der Waals surface area contributed by atoms with Gasteiger partial charge >= 0.3 is 0 Å². The van der Waals surface area contributed by atoms with Crippen molar-refractivity contribution in [3.63, 3.8) is 0 Å². The van der Waals surface area contributed by atoms with Crippen molar-refractivity contribution in [3.8, 4) is 5.75 Å². The van der Waals surface area contributed by atoms with Crippen molar-refractivity contribution in [2.24, 2.45) is 0 Å². The SMILES string of the molecule is CCCCCCCCCc1ccc(OCCOCCOCCS(=O)(=O)O)cc1. The number of aryl methyl sites for hydroxylation is 1. The number of rotatable bonds is 18. The zero-order chi connectivity index (χ0) is 20.5. The lowest BCUT2D eigenvalue weighted by molar-refractivity contribution is 0.0407. The third-order valence-corrected chi connectivity index (χ3v) is 5.03. The van der Waals surface area contributed by atoms with Gasteiger partial charge in [-0.15, -0.1) is 0 Å². The third kappa shape index (κ3) is 14.9. The van der Waals surface area contributed by atoms with E-state index in [1.165, 1.54) is 50.5 Å². The molecule has 7 heteroatoms. The Bertz CT molecular complexity index is 585. The summed E-state index contributed by atoms with van der Waals surface area (Å²) < 4.78 is 45.6. The zero-order valence-corrected chi connectivity index (χ0v) is 17.9. The van der Waals surface area contributed by atoms with Crippen LogP contribution in [0.25, 0.3) is 0 Å². The average Bonchev–Trinajstić information content (AvgIpc) is 2.66. The van der Waals surface area contributed by atoms with Gasteiger partial charge in [0, 0.05) is 0 Å². The summed E-state index contributed by atoms with van der Waals surface area (Å²) in [5.74, 6) is 0.432. The molecule has 0 spiro atoms. The highest BCUT2D eigenvalue weighted by atomic mass is 32.2. The first-order chi connectivity index (χ1) is 13.5. The van der Waals surface area contributed by atoms with E-state index in [0.29, 0.717) is 19.8 Å². The summed E-state index contributed by atoms with van der Waals surface area (Å²) >= 11 is 0. The minimum atomic E-state index is -3.96. The molecule has 0 unspecified atom stereocenters. The van der Waals surface area contributed by atoms with Gasteiger partial charge in [-0.25, -0.2) is 0 Å². The summed E-state index contributed by atoms with van der Waals surface area (Å²) in [4.78, 5) is 0. The predicted octanol–water partition coefficient (Wildman–Crippen LogP) is 4.28. The first-order valence-electron chi connectivity index (χ1n) is 10.3. The molecule has 28 heavy (non-hydrogen) atoms. The molecule has 0 amide bonds. The number of unbranched alkanes of at least 4 members (excludes halogenated alkanes) is 6. The van der Waals surface area contributed by atoms with Gasteiger partial charge in [0.05, 0.1) is 32.2 Å². The summed E-state index contributed by atoms with van der Waals surface area (Å²) in [5.41, 5.74) is 1.35. The van der Waals surface area contributed by atoms with E-state index in [0.717, 1.165) is 12.2 Å². The fraction of sp³-hybridized carbons (Fsp3) is 0.714. The lowest BCUT2D eigenvalue weighted by atomic mass is 10.0. The monoisotopic (exact) mass is 416 g/mol. The van der Waals surface area contributed by atoms with E-state index in [4.69, 9.17) is 18.8 Å². The Kier molecular flexibility index (Phi) is 14.0. The van der Waals surface area contributed by atoms with Gasteiger partial charge in [0.1, 0.15) is 12.4 Å². The number of ether oxygens (including phenoxy) is 3. The number of benzene rings is 1. The molecule has 0 aromatic heterocycles. The van der Waals surface area contributed by atoms with Crippen LogP contribution >= 0.6 is 0 Å². The van der Waals surface area contributed by atoms with Crippen molar-refractivity contribution in [3.05, 3.63) is 29.8 Å². The Labute approximate surface area is 170 Å². The molecule has 162 valence electrons. The quantitative estimate of drug-likeness (QED) is 0.284.